The van der Waals surface area contributed by atoms with Crippen LogP contribution in [0.4, 0.5) is 0 Å². The van der Waals surface area contributed by atoms with Gasteiger partial charge in [0.15, 0.2) is 0 Å². The lowest BCUT2D eigenvalue weighted by molar-refractivity contribution is 1.56. The topological polar surface area (TPSA) is 0 Å². The predicted molar refractivity (Wildman–Crippen MR) is 77.2 cm³/mol. The molecular weight excluding hydrogens is 328 g/mol. The Labute approximate surface area is 112 Å². The van der Waals surface area contributed by atoms with Gasteiger partial charge in [0.2, 0.25) is 0 Å². The average Bonchev–Trinajstić information content (AvgIpc) is 2.32. The first-order valence-corrected chi connectivity index (χ1v) is 6.52. The molecule has 0 aliphatic heterocycles. The summed E-state index contributed by atoms with van der Waals surface area (Å²) >= 11 is 7.00. The van der Waals surface area contributed by atoms with Crippen LogP contribution in [-0.4, -0.2) is 0 Å². The van der Waals surface area contributed by atoms with Crippen LogP contribution < -0.4 is 0 Å². The van der Waals surface area contributed by atoms with Crippen LogP contribution in [0.1, 0.15) is 11.1 Å². The van der Waals surface area contributed by atoms with Gasteiger partial charge in [0.1, 0.15) is 0 Å². The average molecular weight is 338 g/mol. The summed E-state index contributed by atoms with van der Waals surface area (Å²) in [4.78, 5) is 0. The number of rotatable bonds is 2. The van der Waals surface area contributed by atoms with Gasteiger partial charge in [-0.3, -0.25) is 0 Å². The van der Waals surface area contributed by atoms with E-state index in [1.165, 1.54) is 11.1 Å². The summed E-state index contributed by atoms with van der Waals surface area (Å²) in [6.07, 6.45) is 4.21. The summed E-state index contributed by atoms with van der Waals surface area (Å²) in [6.45, 7) is 0. The molecule has 2 aromatic carbocycles. The molecule has 0 aliphatic rings. The van der Waals surface area contributed by atoms with Gasteiger partial charge in [0, 0.05) is 8.95 Å². The van der Waals surface area contributed by atoms with Gasteiger partial charge in [-0.15, -0.1) is 0 Å². The van der Waals surface area contributed by atoms with Crippen molar-refractivity contribution in [3.05, 3.63) is 68.6 Å². The molecule has 0 radical (unpaired) electrons. The number of hydrogen-bond acceptors (Lipinski definition) is 0. The molecule has 0 spiro atoms. The number of halogens is 2. The summed E-state index contributed by atoms with van der Waals surface area (Å²) in [5.74, 6) is 0. The minimum absolute atomic E-state index is 1.09. The van der Waals surface area contributed by atoms with Crippen LogP contribution >= 0.6 is 31.9 Å². The highest BCUT2D eigenvalue weighted by molar-refractivity contribution is 9.11. The molecule has 0 N–H and O–H groups in total. The fourth-order valence-corrected chi connectivity index (χ4v) is 2.15. The van der Waals surface area contributed by atoms with Crippen LogP contribution in [-0.2, 0) is 0 Å². The molecule has 0 unspecified atom stereocenters. The monoisotopic (exact) mass is 336 g/mol. The Hall–Kier alpha value is -0.860. The van der Waals surface area contributed by atoms with Gasteiger partial charge in [0.05, 0.1) is 0 Å². The third-order valence-corrected chi connectivity index (χ3v) is 3.43. The van der Waals surface area contributed by atoms with Gasteiger partial charge in [0.25, 0.3) is 0 Å². The van der Waals surface area contributed by atoms with Gasteiger partial charge in [-0.05, 0) is 29.3 Å². The molecule has 0 saturated carbocycles. The number of benzene rings is 2. The van der Waals surface area contributed by atoms with E-state index in [0.29, 0.717) is 0 Å². The molecule has 0 atom stereocenters. The highest BCUT2D eigenvalue weighted by Gasteiger charge is 1.96. The van der Waals surface area contributed by atoms with Crippen LogP contribution in [0.2, 0.25) is 0 Å². The lowest BCUT2D eigenvalue weighted by Crippen LogP contribution is -1.76. The van der Waals surface area contributed by atoms with E-state index in [-0.39, 0.29) is 0 Å². The molecule has 2 rings (SSSR count). The SMILES string of the molecule is Brc1ccc(Br)c(/C=C/c2ccccc2)c1. The van der Waals surface area contributed by atoms with Crippen molar-refractivity contribution in [1.82, 2.24) is 0 Å². The van der Waals surface area contributed by atoms with Gasteiger partial charge < -0.3 is 0 Å². The Morgan fingerprint density at radius 3 is 2.31 bits per heavy atom. The van der Waals surface area contributed by atoms with E-state index in [9.17, 15) is 0 Å². The number of hydrogen-bond donors (Lipinski definition) is 0. The van der Waals surface area contributed by atoms with Crippen LogP contribution in [0, 0.1) is 0 Å². The standard InChI is InChI=1S/C14H10Br2/c15-13-8-9-14(16)12(10-13)7-6-11-4-2-1-3-5-11/h1-10H/b7-6+. The molecule has 0 nitrogen and oxygen atoms in total. The zero-order chi connectivity index (χ0) is 11.4. The summed E-state index contributed by atoms with van der Waals surface area (Å²) in [6, 6.07) is 16.4. The zero-order valence-corrected chi connectivity index (χ0v) is 11.7. The molecule has 16 heavy (non-hydrogen) atoms. The van der Waals surface area contributed by atoms with Gasteiger partial charge >= 0.3 is 0 Å². The Bertz CT molecular complexity index is 501. The lowest BCUT2D eigenvalue weighted by atomic mass is 10.1. The third-order valence-electron chi connectivity index (χ3n) is 2.21. The van der Waals surface area contributed by atoms with E-state index < -0.39 is 0 Å². The Kier molecular flexibility index (Phi) is 3.97. The minimum Gasteiger partial charge on any atom is -0.0622 e. The smallest absolute Gasteiger partial charge is 0.0248 e. The van der Waals surface area contributed by atoms with Crippen molar-refractivity contribution < 1.29 is 0 Å². The van der Waals surface area contributed by atoms with Crippen molar-refractivity contribution in [2.75, 3.05) is 0 Å². The van der Waals surface area contributed by atoms with Crippen molar-refractivity contribution in [3.8, 4) is 0 Å². The highest BCUT2D eigenvalue weighted by Crippen LogP contribution is 2.23. The van der Waals surface area contributed by atoms with Crippen LogP contribution in [0.3, 0.4) is 0 Å². The Morgan fingerprint density at radius 2 is 1.56 bits per heavy atom. The van der Waals surface area contributed by atoms with E-state index in [1.807, 2.05) is 30.3 Å². The fraction of sp³-hybridized carbons (Fsp3) is 0. The van der Waals surface area contributed by atoms with E-state index in [4.69, 9.17) is 0 Å². The second kappa shape index (κ2) is 5.46. The molecule has 2 heteroatoms. The third kappa shape index (κ3) is 3.06. The maximum absolute atomic E-state index is 3.53. The maximum atomic E-state index is 3.53. The molecular formula is C14H10Br2. The Morgan fingerprint density at radius 1 is 0.812 bits per heavy atom. The second-order valence-electron chi connectivity index (χ2n) is 3.41. The highest BCUT2D eigenvalue weighted by atomic mass is 79.9. The molecule has 0 heterocycles. The molecule has 0 saturated heterocycles. The zero-order valence-electron chi connectivity index (χ0n) is 8.53. The molecule has 0 amide bonds. The van der Waals surface area contributed by atoms with E-state index in [0.717, 1.165) is 8.95 Å². The van der Waals surface area contributed by atoms with Crippen molar-refractivity contribution in [2.24, 2.45) is 0 Å². The molecule has 80 valence electrons. The largest absolute Gasteiger partial charge is 0.0622 e. The van der Waals surface area contributed by atoms with Gasteiger partial charge in [-0.1, -0.05) is 74.3 Å². The predicted octanol–water partition coefficient (Wildman–Crippen LogP) is 5.38. The van der Waals surface area contributed by atoms with Gasteiger partial charge in [-0.25, -0.2) is 0 Å². The maximum Gasteiger partial charge on any atom is 0.0248 e. The molecule has 0 aromatic heterocycles. The quantitative estimate of drug-likeness (QED) is 0.645. The van der Waals surface area contributed by atoms with Crippen molar-refractivity contribution in [1.29, 1.82) is 0 Å². The van der Waals surface area contributed by atoms with Gasteiger partial charge in [-0.2, -0.15) is 0 Å². The summed E-state index contributed by atoms with van der Waals surface area (Å²) in [5.41, 5.74) is 2.37. The normalized spacial score (nSPS) is 10.9. The van der Waals surface area contributed by atoms with Crippen molar-refractivity contribution in [2.45, 2.75) is 0 Å². The van der Waals surface area contributed by atoms with E-state index in [2.05, 4.69) is 62.2 Å². The molecule has 0 fully saturated rings. The summed E-state index contributed by atoms with van der Waals surface area (Å²) < 4.78 is 2.19. The first-order valence-electron chi connectivity index (χ1n) is 4.94. The van der Waals surface area contributed by atoms with Crippen molar-refractivity contribution >= 4 is 44.0 Å². The fourth-order valence-electron chi connectivity index (χ4n) is 1.39. The Balaban J connectivity index is 2.27. The first kappa shape index (κ1) is 11.6. The molecule has 2 aromatic rings. The van der Waals surface area contributed by atoms with Crippen molar-refractivity contribution in [3.63, 3.8) is 0 Å². The van der Waals surface area contributed by atoms with Crippen LogP contribution in [0.15, 0.2) is 57.5 Å². The molecule has 0 bridgehead atoms. The first-order chi connectivity index (χ1) is 7.75. The molecule has 0 aliphatic carbocycles. The van der Waals surface area contributed by atoms with E-state index in [1.54, 1.807) is 0 Å². The minimum atomic E-state index is 1.09. The summed E-state index contributed by atoms with van der Waals surface area (Å²) in [5, 5.41) is 0. The van der Waals surface area contributed by atoms with Crippen LogP contribution in [0.5, 0.6) is 0 Å². The second-order valence-corrected chi connectivity index (χ2v) is 5.18. The van der Waals surface area contributed by atoms with Crippen LogP contribution in [0.25, 0.3) is 12.2 Å². The lowest BCUT2D eigenvalue weighted by Gasteiger charge is -1.99. The summed E-state index contributed by atoms with van der Waals surface area (Å²) in [7, 11) is 0. The van der Waals surface area contributed by atoms with E-state index >= 15 is 0 Å².